The minimum absolute atomic E-state index is 0.0572. The molecule has 1 N–H and O–H groups in total. The summed E-state index contributed by atoms with van der Waals surface area (Å²) in [6.45, 7) is 1.54. The third-order valence-electron chi connectivity index (χ3n) is 2.94. The van der Waals surface area contributed by atoms with Crippen LogP contribution < -0.4 is 0 Å². The Morgan fingerprint density at radius 1 is 1.31 bits per heavy atom. The number of ether oxygens (including phenoxy) is 1. The number of halogens is 2. The van der Waals surface area contributed by atoms with Gasteiger partial charge in [0.1, 0.15) is 11.6 Å². The van der Waals surface area contributed by atoms with Crippen molar-refractivity contribution in [2.75, 3.05) is 6.61 Å². The van der Waals surface area contributed by atoms with Crippen LogP contribution in [0.3, 0.4) is 0 Å². The number of aryl methyl sites for hydroxylation is 1. The van der Waals surface area contributed by atoms with Crippen molar-refractivity contribution in [3.63, 3.8) is 0 Å². The molecule has 0 spiro atoms. The summed E-state index contributed by atoms with van der Waals surface area (Å²) in [4.78, 5) is 0. The van der Waals surface area contributed by atoms with Gasteiger partial charge < -0.3 is 9.84 Å². The van der Waals surface area contributed by atoms with Gasteiger partial charge in [0.25, 0.3) is 0 Å². The Labute approximate surface area is 92.9 Å². The van der Waals surface area contributed by atoms with E-state index < -0.39 is 11.6 Å². The molecule has 0 saturated carbocycles. The lowest BCUT2D eigenvalue weighted by molar-refractivity contribution is 0.00952. The number of rotatable bonds is 2. The van der Waals surface area contributed by atoms with Gasteiger partial charge in [-0.1, -0.05) is 0 Å². The minimum Gasteiger partial charge on any atom is -0.394 e. The highest BCUT2D eigenvalue weighted by atomic mass is 19.1. The Morgan fingerprint density at radius 3 is 2.69 bits per heavy atom. The molecule has 0 aromatic heterocycles. The van der Waals surface area contributed by atoms with Crippen LogP contribution >= 0.6 is 0 Å². The van der Waals surface area contributed by atoms with Gasteiger partial charge in [0.05, 0.1) is 18.8 Å². The van der Waals surface area contributed by atoms with Gasteiger partial charge in [-0.05, 0) is 31.4 Å². The Kier molecular flexibility index (Phi) is 3.21. The fourth-order valence-electron chi connectivity index (χ4n) is 2.00. The molecule has 1 fully saturated rings. The van der Waals surface area contributed by atoms with Crippen LogP contribution in [-0.2, 0) is 4.74 Å². The van der Waals surface area contributed by atoms with E-state index >= 15 is 0 Å². The fraction of sp³-hybridized carbons (Fsp3) is 0.500. The van der Waals surface area contributed by atoms with Gasteiger partial charge in [-0.25, -0.2) is 8.78 Å². The molecule has 0 bridgehead atoms. The van der Waals surface area contributed by atoms with E-state index in [0.717, 1.165) is 6.07 Å². The first-order valence-electron chi connectivity index (χ1n) is 5.33. The maximum Gasteiger partial charge on any atom is 0.131 e. The normalized spacial score (nSPS) is 25.0. The first kappa shape index (κ1) is 11.5. The van der Waals surface area contributed by atoms with Crippen molar-refractivity contribution in [3.8, 4) is 0 Å². The summed E-state index contributed by atoms with van der Waals surface area (Å²) in [6.07, 6.45) is 0.774. The van der Waals surface area contributed by atoms with Crippen molar-refractivity contribution in [1.29, 1.82) is 0 Å². The van der Waals surface area contributed by atoms with Crippen LogP contribution in [0.15, 0.2) is 12.1 Å². The number of hydrogen-bond donors (Lipinski definition) is 1. The molecular weight excluding hydrogens is 214 g/mol. The summed E-state index contributed by atoms with van der Waals surface area (Å²) in [6, 6.07) is 2.37. The van der Waals surface area contributed by atoms with E-state index in [9.17, 15) is 8.78 Å². The summed E-state index contributed by atoms with van der Waals surface area (Å²) in [7, 11) is 0. The zero-order valence-corrected chi connectivity index (χ0v) is 9.04. The summed E-state index contributed by atoms with van der Waals surface area (Å²) >= 11 is 0. The second-order valence-electron chi connectivity index (χ2n) is 4.13. The second kappa shape index (κ2) is 4.47. The molecule has 0 unspecified atom stereocenters. The highest BCUT2D eigenvalue weighted by Crippen LogP contribution is 2.34. The van der Waals surface area contributed by atoms with Crippen LogP contribution in [0.1, 0.15) is 30.1 Å². The molecule has 0 radical (unpaired) electrons. The molecule has 1 aromatic carbocycles. The molecule has 2 rings (SSSR count). The average Bonchev–Trinajstić information content (AvgIpc) is 2.71. The summed E-state index contributed by atoms with van der Waals surface area (Å²) in [5.41, 5.74) is 0.794. The first-order valence-corrected chi connectivity index (χ1v) is 5.33. The summed E-state index contributed by atoms with van der Waals surface area (Å²) in [5, 5.41) is 8.92. The molecule has 16 heavy (non-hydrogen) atoms. The number of aliphatic hydroxyl groups is 1. The number of benzene rings is 1. The third-order valence-corrected chi connectivity index (χ3v) is 2.94. The zero-order chi connectivity index (χ0) is 11.7. The number of aliphatic hydroxyl groups excluding tert-OH is 1. The molecule has 1 saturated heterocycles. The van der Waals surface area contributed by atoms with E-state index in [-0.39, 0.29) is 18.8 Å². The molecule has 1 aliphatic rings. The largest absolute Gasteiger partial charge is 0.394 e. The van der Waals surface area contributed by atoms with Gasteiger partial charge in [-0.15, -0.1) is 0 Å². The molecule has 2 atom stereocenters. The van der Waals surface area contributed by atoms with Gasteiger partial charge in [0.15, 0.2) is 0 Å². The van der Waals surface area contributed by atoms with Crippen molar-refractivity contribution in [1.82, 2.24) is 0 Å². The fourth-order valence-corrected chi connectivity index (χ4v) is 2.00. The van der Waals surface area contributed by atoms with Gasteiger partial charge in [-0.3, -0.25) is 0 Å². The first-order chi connectivity index (χ1) is 7.61. The van der Waals surface area contributed by atoms with Crippen molar-refractivity contribution >= 4 is 0 Å². The molecule has 2 nitrogen and oxygen atoms in total. The van der Waals surface area contributed by atoms with Crippen LogP contribution in [-0.4, -0.2) is 17.8 Å². The van der Waals surface area contributed by atoms with E-state index in [1.165, 1.54) is 6.07 Å². The maximum atomic E-state index is 13.5. The lowest BCUT2D eigenvalue weighted by atomic mass is 10.0. The van der Waals surface area contributed by atoms with Crippen LogP contribution in [0.2, 0.25) is 0 Å². The van der Waals surface area contributed by atoms with E-state index in [0.29, 0.717) is 24.0 Å². The maximum absolute atomic E-state index is 13.5. The number of hydrogen-bond acceptors (Lipinski definition) is 2. The van der Waals surface area contributed by atoms with Gasteiger partial charge in [-0.2, -0.15) is 0 Å². The highest BCUT2D eigenvalue weighted by molar-refractivity contribution is 5.28. The topological polar surface area (TPSA) is 29.5 Å². The van der Waals surface area contributed by atoms with Gasteiger partial charge in [0, 0.05) is 11.6 Å². The van der Waals surface area contributed by atoms with Gasteiger partial charge in [0.2, 0.25) is 0 Å². The minimum atomic E-state index is -0.577. The van der Waals surface area contributed by atoms with Crippen molar-refractivity contribution in [3.05, 3.63) is 34.9 Å². The molecule has 0 amide bonds. The Hall–Kier alpha value is -1.00. The smallest absolute Gasteiger partial charge is 0.131 e. The van der Waals surface area contributed by atoms with Crippen LogP contribution in [0.5, 0.6) is 0 Å². The zero-order valence-electron chi connectivity index (χ0n) is 9.04. The van der Waals surface area contributed by atoms with Crippen molar-refractivity contribution < 1.29 is 18.6 Å². The monoisotopic (exact) mass is 228 g/mol. The van der Waals surface area contributed by atoms with Crippen LogP contribution in [0.25, 0.3) is 0 Å². The molecule has 1 heterocycles. The quantitative estimate of drug-likeness (QED) is 0.842. The van der Waals surface area contributed by atoms with Crippen LogP contribution in [0, 0.1) is 18.6 Å². The SMILES string of the molecule is Cc1cc([C@H]2CC[C@@H](CO)O2)c(F)cc1F. The van der Waals surface area contributed by atoms with Crippen LogP contribution in [0.4, 0.5) is 8.78 Å². The van der Waals surface area contributed by atoms with E-state index in [1.54, 1.807) is 6.92 Å². The third kappa shape index (κ3) is 2.08. The Balaban J connectivity index is 2.24. The average molecular weight is 228 g/mol. The predicted octanol–water partition coefficient (Wildman–Crippen LogP) is 2.49. The second-order valence-corrected chi connectivity index (χ2v) is 4.13. The Morgan fingerprint density at radius 2 is 2.06 bits per heavy atom. The molecule has 1 aromatic rings. The molecule has 1 aliphatic heterocycles. The highest BCUT2D eigenvalue weighted by Gasteiger charge is 2.28. The van der Waals surface area contributed by atoms with Gasteiger partial charge >= 0.3 is 0 Å². The van der Waals surface area contributed by atoms with Crippen molar-refractivity contribution in [2.45, 2.75) is 32.0 Å². The molecule has 88 valence electrons. The molecule has 0 aliphatic carbocycles. The predicted molar refractivity (Wildman–Crippen MR) is 55.0 cm³/mol. The summed E-state index contributed by atoms with van der Waals surface area (Å²) < 4.78 is 32.1. The lowest BCUT2D eigenvalue weighted by Crippen LogP contribution is -2.11. The van der Waals surface area contributed by atoms with E-state index in [2.05, 4.69) is 0 Å². The molecule has 4 heteroatoms. The Bertz CT molecular complexity index is 393. The standard InChI is InChI=1S/C12H14F2O2/c1-7-4-9(11(14)5-10(7)13)12-3-2-8(6-15)16-12/h4-5,8,12,15H,2-3,6H2,1H3/t8-,12+/m0/s1. The van der Waals surface area contributed by atoms with E-state index in [4.69, 9.17) is 9.84 Å². The van der Waals surface area contributed by atoms with Crippen molar-refractivity contribution in [2.24, 2.45) is 0 Å². The summed E-state index contributed by atoms with van der Waals surface area (Å²) in [5.74, 6) is -1.12. The lowest BCUT2D eigenvalue weighted by Gasteiger charge is -2.14. The molecular formula is C12H14F2O2. The van der Waals surface area contributed by atoms with E-state index in [1.807, 2.05) is 0 Å².